The van der Waals surface area contributed by atoms with Gasteiger partial charge in [0.1, 0.15) is 0 Å². The average Bonchev–Trinajstić information content (AvgIpc) is 2.70. The van der Waals surface area contributed by atoms with Crippen molar-refractivity contribution in [1.82, 2.24) is 10.2 Å². The zero-order valence-corrected chi connectivity index (χ0v) is 18.7. The molecule has 0 saturated carbocycles. The van der Waals surface area contributed by atoms with E-state index in [0.717, 1.165) is 31.0 Å². The molecule has 2 atom stereocenters. The molecule has 1 heterocycles. The molecule has 4 nitrogen and oxygen atoms in total. The third-order valence-electron chi connectivity index (χ3n) is 5.64. The Balaban J connectivity index is 1.60. The molecule has 1 fully saturated rings. The summed E-state index contributed by atoms with van der Waals surface area (Å²) in [5.41, 5.74) is 1.93. The number of nitrogens with zero attached hydrogens (tertiary/aromatic N) is 1. The average molecular weight is 413 g/mol. The van der Waals surface area contributed by atoms with Gasteiger partial charge < -0.3 is 5.32 Å². The Morgan fingerprint density at radius 2 is 1.79 bits per heavy atom. The molecule has 5 heteroatoms. The van der Waals surface area contributed by atoms with Crippen molar-refractivity contribution < 1.29 is 9.00 Å². The lowest BCUT2D eigenvalue weighted by Gasteiger charge is -2.44. The summed E-state index contributed by atoms with van der Waals surface area (Å²) in [4.78, 5) is 16.0. The van der Waals surface area contributed by atoms with Gasteiger partial charge in [0.25, 0.3) is 5.91 Å². The normalized spacial score (nSPS) is 20.4. The van der Waals surface area contributed by atoms with Crippen molar-refractivity contribution in [3.8, 4) is 0 Å². The molecular formula is C24H32N2O2S. The minimum Gasteiger partial charge on any atom is -0.349 e. The smallest absolute Gasteiger partial charge is 0.251 e. The number of amides is 1. The van der Waals surface area contributed by atoms with Gasteiger partial charge in [-0.2, -0.15) is 0 Å². The van der Waals surface area contributed by atoms with Gasteiger partial charge in [-0.05, 0) is 41.7 Å². The van der Waals surface area contributed by atoms with Gasteiger partial charge in [0.05, 0.1) is 10.8 Å². The van der Waals surface area contributed by atoms with Crippen molar-refractivity contribution >= 4 is 16.7 Å². The van der Waals surface area contributed by atoms with Crippen molar-refractivity contribution in [2.75, 3.05) is 13.1 Å². The highest BCUT2D eigenvalue weighted by molar-refractivity contribution is 7.85. The zero-order valence-electron chi connectivity index (χ0n) is 17.9. The Hall–Kier alpha value is -1.98. The minimum absolute atomic E-state index is 0.0121. The number of hydrogen-bond donors (Lipinski definition) is 1. The summed E-state index contributed by atoms with van der Waals surface area (Å²) in [7, 11) is -1.03. The first-order chi connectivity index (χ1) is 13.8. The van der Waals surface area contributed by atoms with Gasteiger partial charge >= 0.3 is 0 Å². The molecular weight excluding hydrogens is 380 g/mol. The van der Waals surface area contributed by atoms with E-state index in [1.165, 1.54) is 5.56 Å². The summed E-state index contributed by atoms with van der Waals surface area (Å²) < 4.78 is 12.2. The minimum atomic E-state index is -1.03. The zero-order chi connectivity index (χ0) is 21.0. The molecule has 0 spiro atoms. The van der Waals surface area contributed by atoms with E-state index < -0.39 is 10.8 Å². The van der Waals surface area contributed by atoms with Gasteiger partial charge in [0, 0.05) is 41.4 Å². The van der Waals surface area contributed by atoms with Gasteiger partial charge in [-0.3, -0.25) is 13.9 Å². The SMILES string of the molecule is CC(C)[S@](=O)c1ccc(C(=O)N[C@@H]2CCN(Cc3ccccc3)CC2(C)C)cc1. The molecule has 1 aliphatic rings. The molecule has 0 aliphatic carbocycles. The van der Waals surface area contributed by atoms with Gasteiger partial charge in [0.15, 0.2) is 0 Å². The van der Waals surface area contributed by atoms with Crippen molar-refractivity contribution in [3.05, 3.63) is 65.7 Å². The third-order valence-corrected chi connectivity index (χ3v) is 7.23. The summed E-state index contributed by atoms with van der Waals surface area (Å²) >= 11 is 0. The molecule has 0 unspecified atom stereocenters. The molecule has 3 rings (SSSR count). The van der Waals surface area contributed by atoms with E-state index in [9.17, 15) is 9.00 Å². The van der Waals surface area contributed by atoms with Crippen LogP contribution in [0.1, 0.15) is 50.0 Å². The Labute approximate surface area is 177 Å². The van der Waals surface area contributed by atoms with Gasteiger partial charge in [-0.15, -0.1) is 0 Å². The summed E-state index contributed by atoms with van der Waals surface area (Å²) in [5, 5.41) is 3.31. The molecule has 2 aromatic carbocycles. The topological polar surface area (TPSA) is 49.4 Å². The number of benzene rings is 2. The number of carbonyl (C=O) groups excluding carboxylic acids is 1. The van der Waals surface area contributed by atoms with Gasteiger partial charge in [0.2, 0.25) is 0 Å². The van der Waals surface area contributed by atoms with Crippen LogP contribution < -0.4 is 5.32 Å². The molecule has 29 heavy (non-hydrogen) atoms. The Kier molecular flexibility index (Phi) is 6.91. The lowest BCUT2D eigenvalue weighted by molar-refractivity contribution is 0.0616. The quantitative estimate of drug-likeness (QED) is 0.772. The maximum absolute atomic E-state index is 12.8. The maximum Gasteiger partial charge on any atom is 0.251 e. The standard InChI is InChI=1S/C24H32N2O2S/c1-18(2)29(28)21-12-10-20(11-13-21)23(27)25-22-14-15-26(17-24(22,3)4)16-19-8-6-5-7-9-19/h5-13,18,22H,14-17H2,1-4H3,(H,25,27)/t22-,29+/m1/s1. The number of hydrogen-bond acceptors (Lipinski definition) is 3. The molecule has 0 radical (unpaired) electrons. The van der Waals surface area contributed by atoms with Crippen LogP contribution in [0.15, 0.2) is 59.5 Å². The molecule has 0 aromatic heterocycles. The first kappa shape index (κ1) is 21.7. The maximum atomic E-state index is 12.8. The second-order valence-corrected chi connectivity index (χ2v) is 10.9. The third kappa shape index (κ3) is 5.55. The molecule has 2 aromatic rings. The summed E-state index contributed by atoms with van der Waals surface area (Å²) in [5.74, 6) is -0.0542. The van der Waals surface area contributed by atoms with Crippen LogP contribution in [-0.4, -0.2) is 39.4 Å². The van der Waals surface area contributed by atoms with E-state index in [4.69, 9.17) is 0 Å². The lowest BCUT2D eigenvalue weighted by Crippen LogP contribution is -2.55. The fourth-order valence-electron chi connectivity index (χ4n) is 3.97. The van der Waals surface area contributed by atoms with E-state index in [0.29, 0.717) is 5.56 Å². The predicted octanol–water partition coefficient (Wildman–Crippen LogP) is 4.23. The van der Waals surface area contributed by atoms with E-state index in [2.05, 4.69) is 48.3 Å². The number of likely N-dealkylation sites (tertiary alicyclic amines) is 1. The highest BCUT2D eigenvalue weighted by atomic mass is 32.2. The van der Waals surface area contributed by atoms with E-state index in [1.807, 2.05) is 19.9 Å². The fraction of sp³-hybridized carbons (Fsp3) is 0.458. The lowest BCUT2D eigenvalue weighted by atomic mass is 9.78. The van der Waals surface area contributed by atoms with E-state index >= 15 is 0 Å². The van der Waals surface area contributed by atoms with Crippen molar-refractivity contribution in [3.63, 3.8) is 0 Å². The summed E-state index contributed by atoms with van der Waals surface area (Å²) in [6.45, 7) is 11.2. The molecule has 1 saturated heterocycles. The van der Waals surface area contributed by atoms with Crippen LogP contribution in [0.4, 0.5) is 0 Å². The highest BCUT2D eigenvalue weighted by Gasteiger charge is 2.36. The van der Waals surface area contributed by atoms with Gasteiger partial charge in [-0.1, -0.05) is 58.0 Å². The number of piperidine rings is 1. The Bertz CT molecular complexity index is 847. The van der Waals surface area contributed by atoms with Crippen molar-refractivity contribution in [2.24, 2.45) is 5.41 Å². The Morgan fingerprint density at radius 3 is 2.38 bits per heavy atom. The molecule has 1 N–H and O–H groups in total. The second kappa shape index (κ2) is 9.23. The predicted molar refractivity (Wildman–Crippen MR) is 119 cm³/mol. The fourth-order valence-corrected chi connectivity index (χ4v) is 4.91. The largest absolute Gasteiger partial charge is 0.349 e. The molecule has 0 bridgehead atoms. The number of nitrogens with one attached hydrogen (secondary N) is 1. The number of carbonyl (C=O) groups is 1. The highest BCUT2D eigenvalue weighted by Crippen LogP contribution is 2.30. The van der Waals surface area contributed by atoms with E-state index in [1.54, 1.807) is 24.3 Å². The van der Waals surface area contributed by atoms with Crippen LogP contribution in [0.3, 0.4) is 0 Å². The molecule has 156 valence electrons. The van der Waals surface area contributed by atoms with Gasteiger partial charge in [-0.25, -0.2) is 0 Å². The second-order valence-electron chi connectivity index (χ2n) is 8.87. The van der Waals surface area contributed by atoms with E-state index in [-0.39, 0.29) is 22.6 Å². The monoisotopic (exact) mass is 412 g/mol. The van der Waals surface area contributed by atoms with Crippen molar-refractivity contribution in [2.45, 2.75) is 56.8 Å². The van der Waals surface area contributed by atoms with Crippen LogP contribution in [0, 0.1) is 5.41 Å². The van der Waals surface area contributed by atoms with Crippen LogP contribution in [0.2, 0.25) is 0 Å². The summed E-state index contributed by atoms with van der Waals surface area (Å²) in [6, 6.07) is 17.8. The summed E-state index contributed by atoms with van der Waals surface area (Å²) in [6.07, 6.45) is 0.932. The van der Waals surface area contributed by atoms with Crippen LogP contribution in [0.5, 0.6) is 0 Å². The number of rotatable bonds is 6. The van der Waals surface area contributed by atoms with Crippen LogP contribution in [-0.2, 0) is 17.3 Å². The molecule has 1 amide bonds. The van der Waals surface area contributed by atoms with Crippen molar-refractivity contribution in [1.29, 1.82) is 0 Å². The van der Waals surface area contributed by atoms with Crippen LogP contribution >= 0.6 is 0 Å². The first-order valence-electron chi connectivity index (χ1n) is 10.3. The Morgan fingerprint density at radius 1 is 1.14 bits per heavy atom. The first-order valence-corrected chi connectivity index (χ1v) is 11.6. The van der Waals surface area contributed by atoms with Crippen LogP contribution in [0.25, 0.3) is 0 Å². The molecule has 1 aliphatic heterocycles.